The van der Waals surface area contributed by atoms with Gasteiger partial charge < -0.3 is 19.5 Å². The summed E-state index contributed by atoms with van der Waals surface area (Å²) in [4.78, 5) is 30.7. The summed E-state index contributed by atoms with van der Waals surface area (Å²) in [5.74, 6) is 0.768. The first-order valence-corrected chi connectivity index (χ1v) is 12.3. The fourth-order valence-corrected chi connectivity index (χ4v) is 4.81. The molecule has 1 unspecified atom stereocenters. The van der Waals surface area contributed by atoms with E-state index in [1.54, 1.807) is 26.4 Å². The first-order chi connectivity index (χ1) is 17.2. The van der Waals surface area contributed by atoms with Crippen molar-refractivity contribution in [2.75, 3.05) is 20.8 Å². The third kappa shape index (κ3) is 5.45. The number of benzene rings is 2. The van der Waals surface area contributed by atoms with Crippen LogP contribution in [0.3, 0.4) is 0 Å². The van der Waals surface area contributed by atoms with Gasteiger partial charge in [-0.2, -0.15) is 0 Å². The van der Waals surface area contributed by atoms with E-state index in [-0.39, 0.29) is 24.5 Å². The monoisotopic (exact) mass is 490 g/mol. The first kappa shape index (κ1) is 25.5. The number of amides is 1. The van der Waals surface area contributed by atoms with Crippen LogP contribution >= 0.6 is 0 Å². The van der Waals surface area contributed by atoms with Gasteiger partial charge in [0.25, 0.3) is 5.91 Å². The Kier molecular flexibility index (Phi) is 7.48. The maximum Gasteiger partial charge on any atom is 0.339 e. The maximum absolute atomic E-state index is 13.4. The van der Waals surface area contributed by atoms with Gasteiger partial charge in [0.05, 0.1) is 25.3 Å². The minimum atomic E-state index is -0.485. The number of carbonyl (C=O) groups is 2. The molecule has 190 valence electrons. The van der Waals surface area contributed by atoms with E-state index < -0.39 is 5.97 Å². The Bertz CT molecular complexity index is 1280. The second-order valence-electron chi connectivity index (χ2n) is 10.3. The number of aryl methyl sites for hydroxylation is 1. The first-order valence-electron chi connectivity index (χ1n) is 12.3. The Morgan fingerprint density at radius 1 is 1.06 bits per heavy atom. The lowest BCUT2D eigenvalue weighted by atomic mass is 9.70. The van der Waals surface area contributed by atoms with E-state index in [0.717, 1.165) is 47.0 Å². The Balaban J connectivity index is 1.49. The highest BCUT2D eigenvalue weighted by Gasteiger charge is 2.33. The molecular formula is C29H34N2O5. The van der Waals surface area contributed by atoms with Gasteiger partial charge in [0.15, 0.2) is 18.1 Å². The lowest BCUT2D eigenvalue weighted by Crippen LogP contribution is -2.30. The Morgan fingerprint density at radius 3 is 2.53 bits per heavy atom. The number of carbonyl (C=O) groups excluding carboxylic acids is 2. The predicted octanol–water partition coefficient (Wildman–Crippen LogP) is 4.88. The molecule has 1 aliphatic carbocycles. The predicted molar refractivity (Wildman–Crippen MR) is 138 cm³/mol. The van der Waals surface area contributed by atoms with Gasteiger partial charge in [-0.15, -0.1) is 0 Å². The number of nitrogens with zero attached hydrogens (tertiary/aromatic N) is 1. The summed E-state index contributed by atoms with van der Waals surface area (Å²) in [5, 5.41) is 3.56. The molecule has 0 saturated carbocycles. The van der Waals surface area contributed by atoms with Crippen molar-refractivity contribution in [2.24, 2.45) is 11.3 Å². The lowest BCUT2D eigenvalue weighted by Gasteiger charge is -2.35. The molecule has 0 saturated heterocycles. The smallest absolute Gasteiger partial charge is 0.339 e. The number of methoxy groups -OCH3 is 2. The standard InChI is InChI=1S/C29H34N2O5/c1-29(2,3)19-11-12-23-21(15-19)27(20-8-6-7-9-22(20)31-23)28(33)36-17-26(32)30-16-18-10-13-24(34-4)25(14-18)35-5/h6-10,13-14,19H,11-12,15-17H2,1-5H3,(H,30,32). The number of hydrogen-bond acceptors (Lipinski definition) is 6. The molecule has 1 aliphatic rings. The minimum Gasteiger partial charge on any atom is -0.493 e. The maximum atomic E-state index is 13.4. The van der Waals surface area contributed by atoms with E-state index in [1.807, 2.05) is 30.3 Å². The molecule has 1 amide bonds. The number of ether oxygens (including phenoxy) is 3. The average molecular weight is 491 g/mol. The van der Waals surface area contributed by atoms with Gasteiger partial charge in [-0.1, -0.05) is 45.0 Å². The largest absolute Gasteiger partial charge is 0.493 e. The summed E-state index contributed by atoms with van der Waals surface area (Å²) in [5.41, 5.74) is 4.19. The summed E-state index contributed by atoms with van der Waals surface area (Å²) in [6.45, 7) is 6.62. The fourth-order valence-electron chi connectivity index (χ4n) is 4.81. The quantitative estimate of drug-likeness (QED) is 0.475. The molecule has 0 aliphatic heterocycles. The number of para-hydroxylation sites is 1. The molecule has 36 heavy (non-hydrogen) atoms. The van der Waals surface area contributed by atoms with Crippen molar-refractivity contribution in [3.8, 4) is 11.5 Å². The normalized spacial score (nSPS) is 15.2. The fraction of sp³-hybridized carbons (Fsp3) is 0.414. The molecule has 0 spiro atoms. The second kappa shape index (κ2) is 10.6. The summed E-state index contributed by atoms with van der Waals surface area (Å²) in [7, 11) is 3.13. The van der Waals surface area contributed by atoms with Crippen LogP contribution in [-0.4, -0.2) is 37.7 Å². The number of rotatable bonds is 7. The van der Waals surface area contributed by atoms with Gasteiger partial charge in [-0.25, -0.2) is 4.79 Å². The van der Waals surface area contributed by atoms with Crippen molar-refractivity contribution in [3.63, 3.8) is 0 Å². The van der Waals surface area contributed by atoms with Crippen molar-refractivity contribution in [1.82, 2.24) is 10.3 Å². The molecule has 1 aromatic heterocycles. The van der Waals surface area contributed by atoms with E-state index >= 15 is 0 Å². The Hall–Kier alpha value is -3.61. The molecule has 0 radical (unpaired) electrons. The zero-order valence-electron chi connectivity index (χ0n) is 21.6. The van der Waals surface area contributed by atoms with Gasteiger partial charge in [-0.05, 0) is 59.9 Å². The molecular weight excluding hydrogens is 456 g/mol. The summed E-state index contributed by atoms with van der Waals surface area (Å²) in [6.07, 6.45) is 2.63. The molecule has 0 fully saturated rings. The molecule has 1 N–H and O–H groups in total. The third-order valence-corrected chi connectivity index (χ3v) is 6.96. The van der Waals surface area contributed by atoms with Crippen molar-refractivity contribution in [2.45, 2.75) is 46.6 Å². The molecule has 4 rings (SSSR count). The number of hydrogen-bond donors (Lipinski definition) is 1. The molecule has 1 atom stereocenters. The van der Waals surface area contributed by atoms with Crippen LogP contribution in [0.15, 0.2) is 42.5 Å². The minimum absolute atomic E-state index is 0.120. The molecule has 7 heteroatoms. The highest BCUT2D eigenvalue weighted by molar-refractivity contribution is 6.05. The van der Waals surface area contributed by atoms with Crippen molar-refractivity contribution >= 4 is 22.8 Å². The summed E-state index contributed by atoms with van der Waals surface area (Å²) in [6, 6.07) is 13.0. The van der Waals surface area contributed by atoms with Gasteiger partial charge in [0, 0.05) is 17.6 Å². The average Bonchev–Trinajstić information content (AvgIpc) is 2.87. The zero-order chi connectivity index (χ0) is 25.9. The lowest BCUT2D eigenvalue weighted by molar-refractivity contribution is -0.124. The molecule has 2 aromatic carbocycles. The number of fused-ring (bicyclic) bond motifs is 2. The van der Waals surface area contributed by atoms with Crippen LogP contribution in [-0.2, 0) is 28.9 Å². The Labute approximate surface area is 212 Å². The molecule has 1 heterocycles. The highest BCUT2D eigenvalue weighted by Crippen LogP contribution is 2.39. The van der Waals surface area contributed by atoms with E-state index in [9.17, 15) is 9.59 Å². The van der Waals surface area contributed by atoms with E-state index in [0.29, 0.717) is 23.0 Å². The van der Waals surface area contributed by atoms with Crippen LogP contribution in [0.5, 0.6) is 11.5 Å². The highest BCUT2D eigenvalue weighted by atomic mass is 16.5. The van der Waals surface area contributed by atoms with Crippen molar-refractivity contribution in [3.05, 3.63) is 64.8 Å². The Morgan fingerprint density at radius 2 is 1.81 bits per heavy atom. The SMILES string of the molecule is COc1ccc(CNC(=O)COC(=O)c2c3c(nc4ccccc24)CCC(C(C)(C)C)C3)cc1OC. The number of nitrogens with one attached hydrogen (secondary N) is 1. The van der Waals surface area contributed by atoms with Crippen LogP contribution in [0.1, 0.15) is 54.4 Å². The van der Waals surface area contributed by atoms with Crippen LogP contribution in [0.4, 0.5) is 0 Å². The number of pyridine rings is 1. The van der Waals surface area contributed by atoms with E-state index in [1.165, 1.54) is 0 Å². The summed E-state index contributed by atoms with van der Waals surface area (Å²) >= 11 is 0. The third-order valence-electron chi connectivity index (χ3n) is 6.96. The zero-order valence-corrected chi connectivity index (χ0v) is 21.6. The molecule has 0 bridgehead atoms. The van der Waals surface area contributed by atoms with Crippen LogP contribution in [0.2, 0.25) is 0 Å². The van der Waals surface area contributed by atoms with Gasteiger partial charge >= 0.3 is 5.97 Å². The number of esters is 1. The number of aromatic nitrogens is 1. The molecule has 3 aromatic rings. The summed E-state index contributed by atoms with van der Waals surface area (Å²) < 4.78 is 16.1. The van der Waals surface area contributed by atoms with Gasteiger partial charge in [0.1, 0.15) is 0 Å². The van der Waals surface area contributed by atoms with Crippen LogP contribution < -0.4 is 14.8 Å². The van der Waals surface area contributed by atoms with Crippen molar-refractivity contribution < 1.29 is 23.8 Å². The molecule has 7 nitrogen and oxygen atoms in total. The second-order valence-corrected chi connectivity index (χ2v) is 10.3. The van der Waals surface area contributed by atoms with E-state index in [4.69, 9.17) is 19.2 Å². The van der Waals surface area contributed by atoms with Gasteiger partial charge in [0.2, 0.25) is 0 Å². The van der Waals surface area contributed by atoms with Crippen LogP contribution in [0, 0.1) is 11.3 Å². The van der Waals surface area contributed by atoms with Crippen LogP contribution in [0.25, 0.3) is 10.9 Å². The van der Waals surface area contributed by atoms with E-state index in [2.05, 4.69) is 26.1 Å². The van der Waals surface area contributed by atoms with Crippen molar-refractivity contribution in [1.29, 1.82) is 0 Å². The van der Waals surface area contributed by atoms with Gasteiger partial charge in [-0.3, -0.25) is 9.78 Å². The topological polar surface area (TPSA) is 86.8 Å².